The van der Waals surface area contributed by atoms with Gasteiger partial charge in [-0.3, -0.25) is 0 Å². The number of urea groups is 1. The molecule has 4 aromatic rings. The Hall–Kier alpha value is -4.27. The number of phenolic OH excluding ortho intramolecular Hbond substituents is 2. The molecule has 0 aliphatic carbocycles. The molecule has 0 saturated heterocycles. The van der Waals surface area contributed by atoms with Crippen molar-refractivity contribution in [1.82, 2.24) is 19.9 Å². The van der Waals surface area contributed by atoms with Gasteiger partial charge in [-0.1, -0.05) is 24.3 Å². The summed E-state index contributed by atoms with van der Waals surface area (Å²) in [7, 11) is 0. The van der Waals surface area contributed by atoms with Crippen LogP contribution in [-0.4, -0.2) is 43.9 Å². The first-order valence-electron chi connectivity index (χ1n) is 10.7. The zero-order chi connectivity index (χ0) is 23.2. The molecular formula is C24H26N6O3. The van der Waals surface area contributed by atoms with Crippen LogP contribution in [0.25, 0.3) is 16.9 Å². The van der Waals surface area contributed by atoms with Crippen molar-refractivity contribution in [3.05, 3.63) is 66.4 Å². The van der Waals surface area contributed by atoms with Crippen LogP contribution in [0.5, 0.6) is 11.5 Å². The number of nitrogens with zero attached hydrogens (tertiary/aromatic N) is 3. The van der Waals surface area contributed by atoms with Gasteiger partial charge < -0.3 is 26.2 Å². The van der Waals surface area contributed by atoms with E-state index in [1.54, 1.807) is 41.0 Å². The first-order valence-corrected chi connectivity index (χ1v) is 10.7. The standard InChI is InChI=1S/C24H26N6O3/c1-16-15-27-30-22(14-19(28-23(16)30)17-8-2-4-10-20(17)31)25-12-6-7-13-26-24(33)29-18-9-3-5-11-21(18)32/h2-5,8-11,14-15,25,31-32H,6-7,12-13H2,1H3,(H2,26,29,33). The summed E-state index contributed by atoms with van der Waals surface area (Å²) in [5, 5.41) is 33.1. The highest BCUT2D eigenvalue weighted by molar-refractivity contribution is 5.90. The number of aromatic hydroxyl groups is 2. The number of aromatic nitrogens is 3. The number of aryl methyl sites for hydroxylation is 1. The second-order valence-electron chi connectivity index (χ2n) is 7.64. The van der Waals surface area contributed by atoms with Crippen LogP contribution >= 0.6 is 0 Å². The minimum absolute atomic E-state index is 0.0255. The van der Waals surface area contributed by atoms with Gasteiger partial charge in [0.05, 0.1) is 17.6 Å². The van der Waals surface area contributed by atoms with Crippen molar-refractivity contribution >= 4 is 23.2 Å². The van der Waals surface area contributed by atoms with E-state index < -0.39 is 0 Å². The molecule has 9 nitrogen and oxygen atoms in total. The lowest BCUT2D eigenvalue weighted by Gasteiger charge is -2.12. The largest absolute Gasteiger partial charge is 0.507 e. The van der Waals surface area contributed by atoms with Crippen LogP contribution in [0.15, 0.2) is 60.8 Å². The third-order valence-corrected chi connectivity index (χ3v) is 5.18. The highest BCUT2D eigenvalue weighted by Crippen LogP contribution is 2.30. The minimum atomic E-state index is -0.361. The summed E-state index contributed by atoms with van der Waals surface area (Å²) in [6, 6.07) is 15.2. The lowest BCUT2D eigenvalue weighted by atomic mass is 10.1. The summed E-state index contributed by atoms with van der Waals surface area (Å²) >= 11 is 0. The molecule has 0 aliphatic rings. The second-order valence-corrected chi connectivity index (χ2v) is 7.64. The highest BCUT2D eigenvalue weighted by atomic mass is 16.3. The topological polar surface area (TPSA) is 124 Å². The van der Waals surface area contributed by atoms with Crippen LogP contribution in [-0.2, 0) is 0 Å². The number of fused-ring (bicyclic) bond motifs is 1. The van der Waals surface area contributed by atoms with Crippen molar-refractivity contribution in [2.75, 3.05) is 23.7 Å². The summed E-state index contributed by atoms with van der Waals surface area (Å²) in [4.78, 5) is 16.7. The molecule has 170 valence electrons. The molecule has 0 atom stereocenters. The lowest BCUT2D eigenvalue weighted by molar-refractivity contribution is 0.252. The summed E-state index contributed by atoms with van der Waals surface area (Å²) < 4.78 is 1.75. The van der Waals surface area contributed by atoms with Crippen molar-refractivity contribution in [2.24, 2.45) is 0 Å². The van der Waals surface area contributed by atoms with Gasteiger partial charge in [-0.15, -0.1) is 0 Å². The Balaban J connectivity index is 1.32. The van der Waals surface area contributed by atoms with Crippen LogP contribution in [0.3, 0.4) is 0 Å². The summed E-state index contributed by atoms with van der Waals surface area (Å²) in [6.45, 7) is 3.11. The van der Waals surface area contributed by atoms with Crippen molar-refractivity contribution in [1.29, 1.82) is 0 Å². The van der Waals surface area contributed by atoms with Crippen LogP contribution in [0.4, 0.5) is 16.3 Å². The average molecular weight is 447 g/mol. The van der Waals surface area contributed by atoms with Crippen molar-refractivity contribution < 1.29 is 15.0 Å². The molecule has 2 aromatic carbocycles. The van der Waals surface area contributed by atoms with Crippen molar-refractivity contribution in [2.45, 2.75) is 19.8 Å². The van der Waals surface area contributed by atoms with E-state index in [0.29, 0.717) is 30.0 Å². The highest BCUT2D eigenvalue weighted by Gasteiger charge is 2.12. The van der Waals surface area contributed by atoms with Gasteiger partial charge >= 0.3 is 6.03 Å². The minimum Gasteiger partial charge on any atom is -0.507 e. The van der Waals surface area contributed by atoms with Gasteiger partial charge in [0.1, 0.15) is 17.3 Å². The Kier molecular flexibility index (Phi) is 6.58. The molecule has 0 bridgehead atoms. The molecule has 2 amide bonds. The first kappa shape index (κ1) is 21.9. The molecule has 2 aromatic heterocycles. The molecular weight excluding hydrogens is 420 g/mol. The van der Waals surface area contributed by atoms with Gasteiger partial charge in [0, 0.05) is 30.3 Å². The molecule has 4 rings (SSSR count). The maximum Gasteiger partial charge on any atom is 0.319 e. The Morgan fingerprint density at radius 3 is 2.52 bits per heavy atom. The number of hydrogen-bond acceptors (Lipinski definition) is 6. The van der Waals surface area contributed by atoms with E-state index in [0.717, 1.165) is 29.9 Å². The molecule has 0 fully saturated rings. The molecule has 0 saturated carbocycles. The van der Waals surface area contributed by atoms with Crippen LogP contribution in [0.2, 0.25) is 0 Å². The molecule has 0 spiro atoms. The Morgan fingerprint density at radius 1 is 1.00 bits per heavy atom. The molecule has 0 aliphatic heterocycles. The summed E-state index contributed by atoms with van der Waals surface area (Å²) in [5.74, 6) is 0.972. The van der Waals surface area contributed by atoms with E-state index in [1.807, 2.05) is 25.1 Å². The molecule has 5 N–H and O–H groups in total. The van der Waals surface area contributed by atoms with Crippen LogP contribution < -0.4 is 16.0 Å². The predicted molar refractivity (Wildman–Crippen MR) is 128 cm³/mol. The lowest BCUT2D eigenvalue weighted by Crippen LogP contribution is -2.29. The van der Waals surface area contributed by atoms with Crippen LogP contribution in [0, 0.1) is 6.92 Å². The number of unbranched alkanes of at least 4 members (excludes halogenated alkanes) is 1. The van der Waals surface area contributed by atoms with Gasteiger partial charge in [-0.05, 0) is 44.0 Å². The number of benzene rings is 2. The first-order chi connectivity index (χ1) is 16.0. The number of phenols is 2. The zero-order valence-corrected chi connectivity index (χ0v) is 18.2. The van der Waals surface area contributed by atoms with Gasteiger partial charge in [0.25, 0.3) is 0 Å². The number of anilines is 2. The van der Waals surface area contributed by atoms with Gasteiger partial charge in [-0.2, -0.15) is 9.61 Å². The molecule has 2 heterocycles. The third-order valence-electron chi connectivity index (χ3n) is 5.18. The number of hydrogen-bond donors (Lipinski definition) is 5. The van der Waals surface area contributed by atoms with E-state index in [-0.39, 0.29) is 17.5 Å². The third kappa shape index (κ3) is 5.15. The van der Waals surface area contributed by atoms with Crippen molar-refractivity contribution in [3.8, 4) is 22.8 Å². The Bertz CT molecular complexity index is 1270. The fourth-order valence-electron chi connectivity index (χ4n) is 3.44. The second kappa shape index (κ2) is 9.90. The van der Waals surface area contributed by atoms with E-state index in [2.05, 4.69) is 26.0 Å². The quantitative estimate of drug-likeness (QED) is 0.205. The van der Waals surface area contributed by atoms with Gasteiger partial charge in [0.2, 0.25) is 0 Å². The molecule has 0 radical (unpaired) electrons. The fourth-order valence-corrected chi connectivity index (χ4v) is 3.44. The predicted octanol–water partition coefficient (Wildman–Crippen LogP) is 4.13. The maximum absolute atomic E-state index is 12.0. The number of nitrogens with one attached hydrogen (secondary N) is 3. The van der Waals surface area contributed by atoms with Gasteiger partial charge in [-0.25, -0.2) is 9.78 Å². The van der Waals surface area contributed by atoms with E-state index in [1.165, 1.54) is 6.07 Å². The smallest absolute Gasteiger partial charge is 0.319 e. The normalized spacial score (nSPS) is 10.8. The summed E-state index contributed by atoms with van der Waals surface area (Å²) in [6.07, 6.45) is 3.34. The zero-order valence-electron chi connectivity index (χ0n) is 18.2. The molecule has 0 unspecified atom stereocenters. The average Bonchev–Trinajstić information content (AvgIpc) is 3.18. The Labute approximate surface area is 191 Å². The van der Waals surface area contributed by atoms with Crippen molar-refractivity contribution in [3.63, 3.8) is 0 Å². The van der Waals surface area contributed by atoms with Crippen LogP contribution in [0.1, 0.15) is 18.4 Å². The molecule has 33 heavy (non-hydrogen) atoms. The summed E-state index contributed by atoms with van der Waals surface area (Å²) in [5.41, 5.74) is 3.35. The number of para-hydroxylation sites is 3. The number of carbonyl (C=O) groups is 1. The SMILES string of the molecule is Cc1cnn2c(NCCCCNC(=O)Nc3ccccc3O)cc(-c3ccccc3O)nc12. The Morgan fingerprint density at radius 2 is 1.73 bits per heavy atom. The fraction of sp³-hybridized carbons (Fsp3) is 0.208. The van der Waals surface area contributed by atoms with E-state index in [4.69, 9.17) is 0 Å². The monoisotopic (exact) mass is 446 g/mol. The van der Waals surface area contributed by atoms with Gasteiger partial charge in [0.15, 0.2) is 5.65 Å². The van der Waals surface area contributed by atoms with E-state index in [9.17, 15) is 15.0 Å². The maximum atomic E-state index is 12.0. The number of rotatable bonds is 8. The molecule has 9 heteroatoms. The van der Waals surface area contributed by atoms with E-state index >= 15 is 0 Å². The number of carbonyl (C=O) groups excluding carboxylic acids is 1. The number of amides is 2.